The molecule has 0 saturated carbocycles. The molecule has 110 valence electrons. The van der Waals surface area contributed by atoms with Crippen LogP contribution in [0.2, 0.25) is 0 Å². The predicted molar refractivity (Wildman–Crippen MR) is 68.0 cm³/mol. The molecular weight excluding hydrogens is 268 g/mol. The molecule has 2 atom stereocenters. The van der Waals surface area contributed by atoms with Crippen LogP contribution in [0.15, 0.2) is 18.2 Å². The number of carbonyl (C=O) groups is 1. The minimum Gasteiger partial charge on any atom is -0.444 e. The van der Waals surface area contributed by atoms with Crippen molar-refractivity contribution in [2.24, 2.45) is 0 Å². The lowest BCUT2D eigenvalue weighted by Crippen LogP contribution is -2.58. The fourth-order valence-corrected chi connectivity index (χ4v) is 2.02. The number of amides is 1. The summed E-state index contributed by atoms with van der Waals surface area (Å²) in [5.41, 5.74) is -0.194. The van der Waals surface area contributed by atoms with E-state index in [0.29, 0.717) is 5.56 Å². The first kappa shape index (κ1) is 14.7. The number of aliphatic hydroxyl groups excluding tert-OH is 1. The smallest absolute Gasteiger partial charge is 0.412 e. The van der Waals surface area contributed by atoms with Crippen molar-refractivity contribution in [2.75, 3.05) is 6.54 Å². The average molecular weight is 285 g/mol. The van der Waals surface area contributed by atoms with Crippen LogP contribution in [-0.2, 0) is 4.74 Å². The average Bonchev–Trinajstić information content (AvgIpc) is 2.29. The molecule has 0 bridgehead atoms. The van der Waals surface area contributed by atoms with Crippen LogP contribution < -0.4 is 0 Å². The zero-order chi connectivity index (χ0) is 15.1. The molecule has 0 aromatic heterocycles. The molecule has 0 radical (unpaired) electrons. The third kappa shape index (κ3) is 2.90. The molecule has 0 aliphatic carbocycles. The molecule has 2 rings (SSSR count). The van der Waals surface area contributed by atoms with Crippen LogP contribution in [0.4, 0.5) is 13.6 Å². The van der Waals surface area contributed by atoms with E-state index >= 15 is 0 Å². The number of rotatable bonds is 1. The van der Waals surface area contributed by atoms with E-state index < -0.39 is 35.5 Å². The van der Waals surface area contributed by atoms with Crippen molar-refractivity contribution in [1.82, 2.24) is 4.90 Å². The number of aliphatic hydroxyl groups is 1. The number of likely N-dealkylation sites (tertiary alicyclic amines) is 1. The Morgan fingerprint density at radius 2 is 2.00 bits per heavy atom. The van der Waals surface area contributed by atoms with Crippen LogP contribution in [0.1, 0.15) is 32.3 Å². The molecule has 1 N–H and O–H groups in total. The Kier molecular flexibility index (Phi) is 3.69. The maximum Gasteiger partial charge on any atom is 0.412 e. The normalized spacial score (nSPS) is 22.4. The highest BCUT2D eigenvalue weighted by atomic mass is 19.2. The van der Waals surface area contributed by atoms with E-state index in [-0.39, 0.29) is 6.54 Å². The maximum absolute atomic E-state index is 13.1. The van der Waals surface area contributed by atoms with Crippen LogP contribution in [-0.4, -0.2) is 34.5 Å². The zero-order valence-electron chi connectivity index (χ0n) is 11.6. The lowest BCUT2D eigenvalue weighted by molar-refractivity contribution is -0.0963. The third-order valence-electron chi connectivity index (χ3n) is 3.07. The van der Waals surface area contributed by atoms with Crippen molar-refractivity contribution in [3.05, 3.63) is 35.4 Å². The van der Waals surface area contributed by atoms with Gasteiger partial charge in [-0.05, 0) is 38.5 Å². The van der Waals surface area contributed by atoms with Crippen LogP contribution in [0.3, 0.4) is 0 Å². The predicted octanol–water partition coefficient (Wildman–Crippen LogP) is 2.62. The molecule has 1 amide bonds. The van der Waals surface area contributed by atoms with Gasteiger partial charge >= 0.3 is 6.09 Å². The van der Waals surface area contributed by atoms with Crippen LogP contribution in [0, 0.1) is 11.6 Å². The molecule has 1 heterocycles. The number of ether oxygens (including phenoxy) is 1. The quantitative estimate of drug-likeness (QED) is 0.863. The third-order valence-corrected chi connectivity index (χ3v) is 3.07. The molecule has 1 aromatic carbocycles. The van der Waals surface area contributed by atoms with Gasteiger partial charge < -0.3 is 9.84 Å². The Labute approximate surface area is 116 Å². The van der Waals surface area contributed by atoms with Gasteiger partial charge in [-0.1, -0.05) is 6.07 Å². The van der Waals surface area contributed by atoms with Gasteiger partial charge in [-0.15, -0.1) is 0 Å². The Balaban J connectivity index is 2.03. The van der Waals surface area contributed by atoms with Crippen LogP contribution >= 0.6 is 0 Å². The monoisotopic (exact) mass is 285 g/mol. The molecule has 0 spiro atoms. The first-order valence-electron chi connectivity index (χ1n) is 6.31. The van der Waals surface area contributed by atoms with E-state index in [1.165, 1.54) is 6.07 Å². The number of nitrogens with zero attached hydrogens (tertiary/aromatic N) is 1. The van der Waals surface area contributed by atoms with Gasteiger partial charge in [0.25, 0.3) is 0 Å². The molecule has 1 fully saturated rings. The summed E-state index contributed by atoms with van der Waals surface area (Å²) >= 11 is 0. The van der Waals surface area contributed by atoms with Gasteiger partial charge in [0, 0.05) is 12.5 Å². The Bertz CT molecular complexity index is 528. The largest absolute Gasteiger partial charge is 0.444 e. The van der Waals surface area contributed by atoms with E-state index in [1.807, 2.05) is 0 Å². The van der Waals surface area contributed by atoms with Gasteiger partial charge in [0.15, 0.2) is 11.6 Å². The summed E-state index contributed by atoms with van der Waals surface area (Å²) in [5, 5.41) is 9.96. The van der Waals surface area contributed by atoms with Crippen LogP contribution in [0.25, 0.3) is 0 Å². The van der Waals surface area contributed by atoms with Gasteiger partial charge in [-0.2, -0.15) is 0 Å². The van der Waals surface area contributed by atoms with Gasteiger partial charge in [-0.3, -0.25) is 4.90 Å². The molecular formula is C14H17F2NO3. The standard InChI is InChI=1S/C14H17F2NO3/c1-14(2,3)20-13(19)17-7-9(12(17)18)8-4-5-10(15)11(16)6-8/h4-6,9,12,18H,7H2,1-3H3/t9?,12-/m0/s1. The first-order valence-corrected chi connectivity index (χ1v) is 6.31. The zero-order valence-corrected chi connectivity index (χ0v) is 11.6. The fourth-order valence-electron chi connectivity index (χ4n) is 2.02. The van der Waals surface area contributed by atoms with E-state index in [2.05, 4.69) is 0 Å². The second kappa shape index (κ2) is 5.01. The summed E-state index contributed by atoms with van der Waals surface area (Å²) in [5.74, 6) is -2.34. The Morgan fingerprint density at radius 1 is 1.35 bits per heavy atom. The van der Waals surface area contributed by atoms with Crippen molar-refractivity contribution in [3.63, 3.8) is 0 Å². The van der Waals surface area contributed by atoms with E-state index in [0.717, 1.165) is 17.0 Å². The maximum atomic E-state index is 13.1. The summed E-state index contributed by atoms with van der Waals surface area (Å²) in [4.78, 5) is 12.9. The summed E-state index contributed by atoms with van der Waals surface area (Å²) in [6.07, 6.45) is -1.71. The van der Waals surface area contributed by atoms with Crippen molar-refractivity contribution < 1.29 is 23.4 Å². The summed E-state index contributed by atoms with van der Waals surface area (Å²) in [7, 11) is 0. The summed E-state index contributed by atoms with van der Waals surface area (Å²) in [6.45, 7) is 5.39. The second-order valence-corrected chi connectivity index (χ2v) is 5.83. The van der Waals surface area contributed by atoms with Gasteiger partial charge in [0.1, 0.15) is 11.8 Å². The number of carbonyl (C=O) groups excluding carboxylic acids is 1. The Morgan fingerprint density at radius 3 is 2.50 bits per heavy atom. The number of hydrogen-bond donors (Lipinski definition) is 1. The van der Waals surface area contributed by atoms with E-state index in [1.54, 1.807) is 20.8 Å². The summed E-state index contributed by atoms with van der Waals surface area (Å²) in [6, 6.07) is 3.45. The fraction of sp³-hybridized carbons (Fsp3) is 0.500. The first-order chi connectivity index (χ1) is 9.19. The topological polar surface area (TPSA) is 49.8 Å². The van der Waals surface area contributed by atoms with E-state index in [9.17, 15) is 18.7 Å². The molecule has 1 aromatic rings. The lowest BCUT2D eigenvalue weighted by atomic mass is 9.89. The highest BCUT2D eigenvalue weighted by molar-refractivity contribution is 5.70. The highest BCUT2D eigenvalue weighted by Gasteiger charge is 2.43. The van der Waals surface area contributed by atoms with Crippen LogP contribution in [0.5, 0.6) is 0 Å². The molecule has 20 heavy (non-hydrogen) atoms. The van der Waals surface area contributed by atoms with Gasteiger partial charge in [-0.25, -0.2) is 13.6 Å². The number of hydrogen-bond acceptors (Lipinski definition) is 3. The van der Waals surface area contributed by atoms with Crippen molar-refractivity contribution in [2.45, 2.75) is 38.5 Å². The molecule has 1 unspecified atom stereocenters. The van der Waals surface area contributed by atoms with Gasteiger partial charge in [0.2, 0.25) is 0 Å². The molecule has 4 nitrogen and oxygen atoms in total. The molecule has 6 heteroatoms. The van der Waals surface area contributed by atoms with Gasteiger partial charge in [0.05, 0.1) is 0 Å². The molecule has 1 aliphatic heterocycles. The Hall–Kier alpha value is -1.69. The molecule has 1 saturated heterocycles. The SMILES string of the molecule is CC(C)(C)OC(=O)N1CC(c2ccc(F)c(F)c2)[C@@H]1O. The number of halogens is 2. The number of benzene rings is 1. The second-order valence-electron chi connectivity index (χ2n) is 5.83. The van der Waals surface area contributed by atoms with Crippen molar-refractivity contribution in [3.8, 4) is 0 Å². The van der Waals surface area contributed by atoms with Crippen molar-refractivity contribution in [1.29, 1.82) is 0 Å². The lowest BCUT2D eigenvalue weighted by Gasteiger charge is -2.44. The molecule has 1 aliphatic rings. The highest BCUT2D eigenvalue weighted by Crippen LogP contribution is 2.34. The minimum atomic E-state index is -1.09. The van der Waals surface area contributed by atoms with Crippen molar-refractivity contribution >= 4 is 6.09 Å². The van der Waals surface area contributed by atoms with E-state index in [4.69, 9.17) is 4.74 Å². The minimum absolute atomic E-state index is 0.209. The summed E-state index contributed by atoms with van der Waals surface area (Å²) < 4.78 is 31.1.